The Hall–Kier alpha value is -2.89. The molecule has 0 bridgehead atoms. The maximum atomic E-state index is 12.8. The molecule has 0 atom stereocenters. The second-order valence-corrected chi connectivity index (χ2v) is 6.92. The predicted molar refractivity (Wildman–Crippen MR) is 98.9 cm³/mol. The van der Waals surface area contributed by atoms with Crippen LogP contribution in [0.25, 0.3) is 0 Å². The van der Waals surface area contributed by atoms with Gasteiger partial charge in [0.25, 0.3) is 5.91 Å². The van der Waals surface area contributed by atoms with Gasteiger partial charge in [0.05, 0.1) is 5.69 Å². The number of benzene rings is 1. The molecule has 1 aromatic heterocycles. The average Bonchev–Trinajstić information content (AvgIpc) is 2.62. The van der Waals surface area contributed by atoms with Crippen molar-refractivity contribution in [1.82, 2.24) is 10.3 Å². The Balaban J connectivity index is 1.67. The zero-order valence-electron chi connectivity index (χ0n) is 15.3. The van der Waals surface area contributed by atoms with Gasteiger partial charge in [-0.2, -0.15) is 0 Å². The second kappa shape index (κ2) is 7.15. The lowest BCUT2D eigenvalue weighted by Crippen LogP contribution is -2.53. The molecule has 26 heavy (non-hydrogen) atoms. The van der Waals surface area contributed by atoms with Crippen LogP contribution in [0, 0.1) is 6.92 Å². The second-order valence-electron chi connectivity index (χ2n) is 6.92. The van der Waals surface area contributed by atoms with Crippen LogP contribution in [-0.2, 0) is 16.1 Å². The molecule has 2 aromatic rings. The first-order chi connectivity index (χ1) is 12.4. The first-order valence-corrected chi connectivity index (χ1v) is 8.64. The van der Waals surface area contributed by atoms with Gasteiger partial charge < -0.3 is 15.0 Å². The number of pyridine rings is 1. The molecule has 136 valence electrons. The van der Waals surface area contributed by atoms with E-state index in [9.17, 15) is 9.59 Å². The van der Waals surface area contributed by atoms with Crippen molar-refractivity contribution in [2.24, 2.45) is 0 Å². The van der Waals surface area contributed by atoms with Gasteiger partial charge in [-0.05, 0) is 56.2 Å². The molecule has 1 aliphatic heterocycles. The van der Waals surface area contributed by atoms with E-state index >= 15 is 0 Å². The van der Waals surface area contributed by atoms with Crippen LogP contribution in [0.3, 0.4) is 0 Å². The van der Waals surface area contributed by atoms with Crippen molar-refractivity contribution in [2.75, 3.05) is 11.4 Å². The Bertz CT molecular complexity index is 818. The van der Waals surface area contributed by atoms with Gasteiger partial charge in [0.2, 0.25) is 5.91 Å². The molecule has 1 N–H and O–H groups in total. The van der Waals surface area contributed by atoms with Crippen molar-refractivity contribution in [3.8, 4) is 5.75 Å². The van der Waals surface area contributed by atoms with Gasteiger partial charge in [0.1, 0.15) is 5.75 Å². The minimum Gasteiger partial charge on any atom is -0.476 e. The third-order valence-corrected chi connectivity index (χ3v) is 4.33. The van der Waals surface area contributed by atoms with Gasteiger partial charge in [-0.15, -0.1) is 0 Å². The monoisotopic (exact) mass is 353 g/mol. The quantitative estimate of drug-likeness (QED) is 0.897. The zero-order chi connectivity index (χ0) is 18.7. The molecule has 6 nitrogen and oxygen atoms in total. The summed E-state index contributed by atoms with van der Waals surface area (Å²) < 4.78 is 5.83. The molecule has 0 aliphatic carbocycles. The molecule has 0 saturated carbocycles. The van der Waals surface area contributed by atoms with Gasteiger partial charge in [0.15, 0.2) is 5.60 Å². The van der Waals surface area contributed by atoms with Crippen molar-refractivity contribution in [3.63, 3.8) is 0 Å². The number of rotatable bonds is 5. The molecule has 0 fully saturated rings. The molecular formula is C20H23N3O3. The highest BCUT2D eigenvalue weighted by Gasteiger charge is 2.40. The van der Waals surface area contributed by atoms with Crippen molar-refractivity contribution >= 4 is 17.5 Å². The molecule has 1 aliphatic rings. The third kappa shape index (κ3) is 3.85. The van der Waals surface area contributed by atoms with E-state index in [1.165, 1.54) is 0 Å². The van der Waals surface area contributed by atoms with E-state index < -0.39 is 5.60 Å². The van der Waals surface area contributed by atoms with Crippen LogP contribution >= 0.6 is 0 Å². The Morgan fingerprint density at radius 3 is 2.69 bits per heavy atom. The van der Waals surface area contributed by atoms with Gasteiger partial charge in [-0.1, -0.05) is 6.07 Å². The van der Waals surface area contributed by atoms with Crippen molar-refractivity contribution in [1.29, 1.82) is 0 Å². The van der Waals surface area contributed by atoms with E-state index in [1.54, 1.807) is 31.1 Å². The summed E-state index contributed by atoms with van der Waals surface area (Å²) >= 11 is 0. The van der Waals surface area contributed by atoms with Crippen molar-refractivity contribution < 1.29 is 14.3 Å². The van der Waals surface area contributed by atoms with E-state index in [1.807, 2.05) is 37.3 Å². The van der Waals surface area contributed by atoms with E-state index in [0.29, 0.717) is 18.8 Å². The largest absolute Gasteiger partial charge is 0.476 e. The van der Waals surface area contributed by atoms with E-state index in [0.717, 1.165) is 16.8 Å². The summed E-state index contributed by atoms with van der Waals surface area (Å²) in [7, 11) is 0. The highest BCUT2D eigenvalue weighted by molar-refractivity contribution is 6.02. The minimum absolute atomic E-state index is 0.104. The fraction of sp³-hybridized carbons (Fsp3) is 0.350. The smallest absolute Gasteiger partial charge is 0.270 e. The van der Waals surface area contributed by atoms with Crippen LogP contribution in [0.5, 0.6) is 5.75 Å². The summed E-state index contributed by atoms with van der Waals surface area (Å²) in [6.45, 7) is 6.21. The fourth-order valence-electron chi connectivity index (χ4n) is 2.90. The number of amides is 2. The number of nitrogens with one attached hydrogen (secondary N) is 1. The van der Waals surface area contributed by atoms with Crippen LogP contribution in [0.15, 0.2) is 42.7 Å². The standard InChI is InChI=1S/C20H23N3O3/c1-14-4-5-17-16(12-14)23(19(25)20(2,3)26-17)11-8-18(24)22-13-15-6-9-21-10-7-15/h4-7,9-10,12H,8,11,13H2,1-3H3,(H,22,24). The van der Waals surface area contributed by atoms with Crippen LogP contribution in [0.4, 0.5) is 5.69 Å². The van der Waals surface area contributed by atoms with Gasteiger partial charge in [-0.3, -0.25) is 14.6 Å². The number of ether oxygens (including phenoxy) is 1. The topological polar surface area (TPSA) is 71.5 Å². The minimum atomic E-state index is -0.949. The van der Waals surface area contributed by atoms with E-state index in [2.05, 4.69) is 10.3 Å². The molecule has 2 amide bonds. The number of aryl methyl sites for hydroxylation is 1. The number of nitrogens with zero attached hydrogens (tertiary/aromatic N) is 2. The summed E-state index contributed by atoms with van der Waals surface area (Å²) in [6, 6.07) is 9.44. The highest BCUT2D eigenvalue weighted by atomic mass is 16.5. The third-order valence-electron chi connectivity index (χ3n) is 4.33. The molecule has 1 aromatic carbocycles. The number of carbonyl (C=O) groups is 2. The number of anilines is 1. The van der Waals surface area contributed by atoms with Crippen LogP contribution in [0.2, 0.25) is 0 Å². The molecule has 0 saturated heterocycles. The first-order valence-electron chi connectivity index (χ1n) is 8.64. The summed E-state index contributed by atoms with van der Waals surface area (Å²) in [5.41, 5.74) is 1.79. The maximum Gasteiger partial charge on any atom is 0.270 e. The SMILES string of the molecule is Cc1ccc2c(c1)N(CCC(=O)NCc1ccncc1)C(=O)C(C)(C)O2. The van der Waals surface area contributed by atoms with E-state index in [-0.39, 0.29) is 18.2 Å². The number of hydrogen-bond donors (Lipinski definition) is 1. The zero-order valence-corrected chi connectivity index (χ0v) is 15.3. The number of carbonyl (C=O) groups excluding carboxylic acids is 2. The van der Waals surface area contributed by atoms with Crippen molar-refractivity contribution in [2.45, 2.75) is 39.3 Å². The van der Waals surface area contributed by atoms with Crippen LogP contribution in [-0.4, -0.2) is 28.9 Å². The number of hydrogen-bond acceptors (Lipinski definition) is 4. The summed E-state index contributed by atoms with van der Waals surface area (Å²) in [5, 5.41) is 2.87. The van der Waals surface area contributed by atoms with Crippen molar-refractivity contribution in [3.05, 3.63) is 53.9 Å². The van der Waals surface area contributed by atoms with E-state index in [4.69, 9.17) is 4.74 Å². The lowest BCUT2D eigenvalue weighted by Gasteiger charge is -2.38. The summed E-state index contributed by atoms with van der Waals surface area (Å²) in [6.07, 6.45) is 3.60. The lowest BCUT2D eigenvalue weighted by molar-refractivity contribution is -0.132. The van der Waals surface area contributed by atoms with Crippen LogP contribution < -0.4 is 15.0 Å². The van der Waals surface area contributed by atoms with Gasteiger partial charge in [-0.25, -0.2) is 0 Å². The average molecular weight is 353 g/mol. The molecule has 0 unspecified atom stereocenters. The molecule has 6 heteroatoms. The maximum absolute atomic E-state index is 12.8. The Morgan fingerprint density at radius 2 is 1.96 bits per heavy atom. The molecule has 0 spiro atoms. The highest BCUT2D eigenvalue weighted by Crippen LogP contribution is 2.38. The number of fused-ring (bicyclic) bond motifs is 1. The fourth-order valence-corrected chi connectivity index (χ4v) is 2.90. The summed E-state index contributed by atoms with van der Waals surface area (Å²) in [4.78, 5) is 30.6. The molecule has 3 rings (SSSR count). The molecule has 0 radical (unpaired) electrons. The van der Waals surface area contributed by atoms with Gasteiger partial charge >= 0.3 is 0 Å². The van der Waals surface area contributed by atoms with Gasteiger partial charge in [0, 0.05) is 31.9 Å². The lowest BCUT2D eigenvalue weighted by atomic mass is 10.0. The Morgan fingerprint density at radius 1 is 1.23 bits per heavy atom. The summed E-state index contributed by atoms with van der Waals surface area (Å²) in [5.74, 6) is 0.419. The number of aromatic nitrogens is 1. The predicted octanol–water partition coefficient (Wildman–Crippen LogP) is 2.60. The Labute approximate surface area is 153 Å². The van der Waals surface area contributed by atoms with Crippen LogP contribution in [0.1, 0.15) is 31.4 Å². The Kier molecular flexibility index (Phi) is 4.93. The molecule has 2 heterocycles. The normalized spacial score (nSPS) is 15.2. The first kappa shape index (κ1) is 17.9. The molecular weight excluding hydrogens is 330 g/mol.